The molecule has 0 spiro atoms. The first-order valence-corrected chi connectivity index (χ1v) is 16.2. The Bertz CT molecular complexity index is 190. The van der Waals surface area contributed by atoms with Crippen LogP contribution < -0.4 is 5.11 Å². The van der Waals surface area contributed by atoms with Gasteiger partial charge in [-0.05, 0) is 23.8 Å². The minimum Gasteiger partial charge on any atom is -0.655 e. The van der Waals surface area contributed by atoms with Crippen molar-refractivity contribution < 1.29 is 30.0 Å². The van der Waals surface area contributed by atoms with Crippen molar-refractivity contribution in [2.45, 2.75) is 18.9 Å². The van der Waals surface area contributed by atoms with Gasteiger partial charge in [0.2, 0.25) is 0 Å². The zero-order chi connectivity index (χ0) is 16.7. The van der Waals surface area contributed by atoms with E-state index in [0.717, 1.165) is 6.42 Å². The van der Waals surface area contributed by atoms with Crippen LogP contribution in [0.5, 0.6) is 0 Å². The van der Waals surface area contributed by atoms with Gasteiger partial charge in [0.1, 0.15) is 0 Å². The van der Waals surface area contributed by atoms with Gasteiger partial charge in [-0.1, -0.05) is 18.9 Å². The number of carboxylic acid groups (broad SMARTS) is 1. The normalized spacial score (nSPS) is 15.9. The van der Waals surface area contributed by atoms with Crippen LogP contribution in [-0.2, 0) is 24.9 Å². The maximum Gasteiger partial charge on any atom is 3.00 e. The van der Waals surface area contributed by atoms with Crippen molar-refractivity contribution in [2.24, 2.45) is 0 Å². The summed E-state index contributed by atoms with van der Waals surface area (Å²) in [6, 6.07) is -0.505. The van der Waals surface area contributed by atoms with Gasteiger partial charge in [-0.3, -0.25) is 0 Å². The van der Waals surface area contributed by atoms with Crippen LogP contribution in [-0.4, -0.2) is 78.5 Å². The Morgan fingerprint density at radius 3 is 1.29 bits per heavy atom. The maximum atomic E-state index is 10.00. The Morgan fingerprint density at radius 2 is 1.19 bits per heavy atom. The van der Waals surface area contributed by atoms with E-state index >= 15 is 0 Å². The average Bonchev–Trinajstić information content (AvgIpc) is 2.66. The summed E-state index contributed by atoms with van der Waals surface area (Å²) in [5.41, 5.74) is 0. The average molecular weight is 537 g/mol. The van der Waals surface area contributed by atoms with E-state index in [0.29, 0.717) is 13.0 Å². The number of nitrogens with zero attached hydrogens (tertiary/aromatic N) is 1. The first-order valence-electron chi connectivity index (χ1n) is 7.18. The molecule has 0 aliphatic carbocycles. The fourth-order valence-electron chi connectivity index (χ4n) is 0.815. The summed E-state index contributed by atoms with van der Waals surface area (Å²) in [5.74, 6) is -1.03. The molecule has 1 heterocycles. The number of aliphatic carboxylic acids is 1. The Kier molecular flexibility index (Phi) is 30.8. The van der Waals surface area contributed by atoms with Gasteiger partial charge in [-0.25, -0.2) is 0 Å². The van der Waals surface area contributed by atoms with Crippen LogP contribution in [0.15, 0.2) is 0 Å². The Balaban J connectivity index is -0.0000000973. The standard InChI is InChI=1S/C5H8NO2.3C3H9P.Ir/c7-5(8)4-2-1-3-6-4;3*1-4(2)3;/h4H,1-3H2,(H,7,8);3*1-3H3;/q-1;;;;+3/p+2. The van der Waals surface area contributed by atoms with Gasteiger partial charge < -0.3 is 15.2 Å². The quantitative estimate of drug-likeness (QED) is 0.484. The molecule has 1 rings (SSSR count). The molecule has 1 aliphatic rings. The zero-order valence-electron chi connectivity index (χ0n) is 15.3. The van der Waals surface area contributed by atoms with E-state index in [2.05, 4.69) is 65.3 Å². The van der Waals surface area contributed by atoms with Crippen LogP contribution in [0.3, 0.4) is 0 Å². The van der Waals surface area contributed by atoms with Gasteiger partial charge in [-0.2, -0.15) is 0 Å². The second-order valence-corrected chi connectivity index (χ2v) is 15.4. The molecule has 0 saturated carbocycles. The predicted octanol–water partition coefficient (Wildman–Crippen LogP) is 2.54. The Morgan fingerprint density at radius 1 is 0.905 bits per heavy atom. The molecule has 0 aromatic carbocycles. The van der Waals surface area contributed by atoms with Crippen molar-refractivity contribution in [2.75, 3.05) is 66.5 Å². The molecule has 1 unspecified atom stereocenters. The summed E-state index contributed by atoms with van der Waals surface area (Å²) in [6.45, 7) is 21.1. The molecule has 0 amide bonds. The van der Waals surface area contributed by atoms with Crippen molar-refractivity contribution in [1.29, 1.82) is 0 Å². The van der Waals surface area contributed by atoms with E-state index in [1.54, 1.807) is 0 Å². The van der Waals surface area contributed by atoms with E-state index in [1.807, 2.05) is 0 Å². The summed E-state index contributed by atoms with van der Waals surface area (Å²) >= 11 is 0. The van der Waals surface area contributed by atoms with Crippen molar-refractivity contribution in [3.8, 4) is 0 Å². The summed E-state index contributed by atoms with van der Waals surface area (Å²) in [5, 5.41) is 13.8. The van der Waals surface area contributed by atoms with Crippen molar-refractivity contribution in [3.05, 3.63) is 5.32 Å². The van der Waals surface area contributed by atoms with Gasteiger partial charge >= 0.3 is 20.1 Å². The fourth-order valence-corrected chi connectivity index (χ4v) is 0.815. The molecule has 1 fully saturated rings. The Hall–Kier alpha value is 1.37. The number of carboxylic acids is 1. The summed E-state index contributed by atoms with van der Waals surface area (Å²) in [7, 11) is 0.361. The number of carbonyl (C=O) groups is 1. The van der Waals surface area contributed by atoms with Gasteiger partial charge in [0.25, 0.3) is 0 Å². The zero-order valence-corrected chi connectivity index (χ0v) is 20.7. The molecule has 1 saturated heterocycles. The largest absolute Gasteiger partial charge is 3.00 e. The second-order valence-electron chi connectivity index (χ2n) is 6.38. The van der Waals surface area contributed by atoms with Crippen LogP contribution in [0.2, 0.25) is 0 Å². The minimum atomic E-state index is -1.03. The molecule has 21 heavy (non-hydrogen) atoms. The number of hydrogen-bond acceptors (Lipinski definition) is 2. The minimum absolute atomic E-state index is 0. The first-order chi connectivity index (χ1) is 9.00. The third-order valence-corrected chi connectivity index (χ3v) is 1.26. The van der Waals surface area contributed by atoms with E-state index in [1.165, 1.54) is 0 Å². The van der Waals surface area contributed by atoms with Crippen LogP contribution in [0.4, 0.5) is 0 Å². The smallest absolute Gasteiger partial charge is 0.655 e. The van der Waals surface area contributed by atoms with E-state index in [-0.39, 0.29) is 43.9 Å². The molecule has 1 aliphatic heterocycles. The Labute approximate surface area is 150 Å². The maximum absolute atomic E-state index is 10.00. The second kappa shape index (κ2) is 21.4. The van der Waals surface area contributed by atoms with Gasteiger partial charge in [0, 0.05) is 66.0 Å². The molecular formula is C14H37IrNO2P3+4. The van der Waals surface area contributed by atoms with Crippen molar-refractivity contribution >= 4 is 29.7 Å². The molecule has 3 nitrogen and oxygen atoms in total. The molecule has 130 valence electrons. The van der Waals surface area contributed by atoms with Crippen LogP contribution in [0, 0.1) is 0 Å². The molecule has 0 aromatic rings. The van der Waals surface area contributed by atoms with Crippen molar-refractivity contribution in [1.82, 2.24) is 0 Å². The van der Waals surface area contributed by atoms with Gasteiger partial charge in [0.05, 0.1) is 0 Å². The van der Waals surface area contributed by atoms with E-state index in [4.69, 9.17) is 0 Å². The number of rotatable bonds is 1. The molecule has 0 aromatic heterocycles. The van der Waals surface area contributed by atoms with E-state index in [9.17, 15) is 9.90 Å². The van der Waals surface area contributed by atoms with Gasteiger partial charge in [-0.15, -0.1) is 6.54 Å². The van der Waals surface area contributed by atoms with Gasteiger partial charge in [0.15, 0.2) is 0 Å². The van der Waals surface area contributed by atoms with Crippen LogP contribution in [0.1, 0.15) is 12.8 Å². The third kappa shape index (κ3) is 52.4. The first kappa shape index (κ1) is 30.3. The van der Waals surface area contributed by atoms with Crippen LogP contribution >= 0.6 is 23.8 Å². The summed E-state index contributed by atoms with van der Waals surface area (Å²) < 4.78 is 0. The SMILES string of the molecule is C[PH+](C)C.C[PH+](C)C.C[PH+](C)C.O=C([O-])C1CCC[N-]1.[Ir+3]. The molecule has 0 N–H and O–H groups in total. The summed E-state index contributed by atoms with van der Waals surface area (Å²) in [6.07, 6.45) is 1.57. The number of carbonyl (C=O) groups excluding carboxylic acids is 1. The molecule has 0 bridgehead atoms. The molecule has 7 heteroatoms. The van der Waals surface area contributed by atoms with Crippen molar-refractivity contribution in [3.63, 3.8) is 0 Å². The topological polar surface area (TPSA) is 54.2 Å². The van der Waals surface area contributed by atoms with E-state index < -0.39 is 12.0 Å². The molecule has 1 atom stereocenters. The molecule has 0 radical (unpaired) electrons. The summed E-state index contributed by atoms with van der Waals surface area (Å²) in [4.78, 5) is 10.00. The van der Waals surface area contributed by atoms with Crippen LogP contribution in [0.25, 0.3) is 5.32 Å². The number of hydrogen-bond donors (Lipinski definition) is 0. The molecular weight excluding hydrogens is 499 g/mol. The monoisotopic (exact) mass is 537 g/mol. The fraction of sp³-hybridized carbons (Fsp3) is 0.929. The third-order valence-electron chi connectivity index (χ3n) is 1.26. The predicted molar refractivity (Wildman–Crippen MR) is 105 cm³/mol.